The smallest absolute Gasteiger partial charge is 0.115 e. The normalized spacial score (nSPS) is 13.3. The van der Waals surface area contributed by atoms with Gasteiger partial charge in [0.05, 0.1) is 9.94 Å². The molecule has 0 radical (unpaired) electrons. The van der Waals surface area contributed by atoms with Crippen molar-refractivity contribution in [2.45, 2.75) is 27.7 Å². The van der Waals surface area contributed by atoms with Gasteiger partial charge in [0.1, 0.15) is 11.5 Å². The fourth-order valence-electron chi connectivity index (χ4n) is 0.577. The highest BCUT2D eigenvalue weighted by Crippen LogP contribution is 2.29. The molecular formula is C11H17ClOS. The first-order chi connectivity index (χ1) is 6.16. The van der Waals surface area contributed by atoms with Gasteiger partial charge in [-0.15, -0.1) is 12.6 Å². The molecule has 0 atom stereocenters. The van der Waals surface area contributed by atoms with E-state index in [1.807, 2.05) is 20.8 Å². The molecule has 0 aromatic heterocycles. The maximum Gasteiger partial charge on any atom is 0.115 e. The summed E-state index contributed by atoms with van der Waals surface area (Å²) in [7, 11) is 0. The summed E-state index contributed by atoms with van der Waals surface area (Å²) in [5, 5.41) is 0.368. The van der Waals surface area contributed by atoms with Crippen LogP contribution in [-0.4, -0.2) is 0 Å². The standard InChI is InChI=1S/C11H17ClOS/c1-7(12)10(14)8(2)13-9(3)11(4,5)6/h14H,1,3H2,2,4-6H3/b10-8-. The van der Waals surface area contributed by atoms with Gasteiger partial charge in [-0.1, -0.05) is 45.5 Å². The molecule has 14 heavy (non-hydrogen) atoms. The number of hydrogen-bond acceptors (Lipinski definition) is 2. The molecule has 0 heterocycles. The summed E-state index contributed by atoms with van der Waals surface area (Å²) in [5.41, 5.74) is -0.0943. The van der Waals surface area contributed by atoms with Crippen LogP contribution >= 0.6 is 24.2 Å². The van der Waals surface area contributed by atoms with E-state index in [1.165, 1.54) is 0 Å². The van der Waals surface area contributed by atoms with Gasteiger partial charge in [0.15, 0.2) is 0 Å². The van der Waals surface area contributed by atoms with Gasteiger partial charge < -0.3 is 4.74 Å². The van der Waals surface area contributed by atoms with Crippen LogP contribution in [0.15, 0.2) is 34.6 Å². The highest BCUT2D eigenvalue weighted by molar-refractivity contribution is 7.85. The summed E-state index contributed by atoms with van der Waals surface area (Å²) < 4.78 is 5.50. The third-order valence-electron chi connectivity index (χ3n) is 1.70. The molecule has 0 saturated carbocycles. The van der Waals surface area contributed by atoms with Gasteiger partial charge in [0.25, 0.3) is 0 Å². The van der Waals surface area contributed by atoms with E-state index in [4.69, 9.17) is 16.3 Å². The lowest BCUT2D eigenvalue weighted by Gasteiger charge is -2.22. The molecule has 0 amide bonds. The first-order valence-electron chi connectivity index (χ1n) is 4.28. The van der Waals surface area contributed by atoms with E-state index in [-0.39, 0.29) is 5.41 Å². The Morgan fingerprint density at radius 1 is 1.29 bits per heavy atom. The Morgan fingerprint density at radius 2 is 1.71 bits per heavy atom. The maximum atomic E-state index is 5.68. The average Bonchev–Trinajstić information content (AvgIpc) is 2.00. The van der Waals surface area contributed by atoms with E-state index in [0.29, 0.717) is 21.5 Å². The summed E-state index contributed by atoms with van der Waals surface area (Å²) in [6, 6.07) is 0. The number of thiol groups is 1. The Labute approximate surface area is 96.9 Å². The van der Waals surface area contributed by atoms with E-state index in [9.17, 15) is 0 Å². The Kier molecular flexibility index (Phi) is 4.82. The Hall–Kier alpha value is -0.340. The van der Waals surface area contributed by atoms with Crippen molar-refractivity contribution < 1.29 is 4.74 Å². The highest BCUT2D eigenvalue weighted by Gasteiger charge is 2.17. The number of hydrogen-bond donors (Lipinski definition) is 1. The zero-order chi connectivity index (χ0) is 11.5. The molecule has 0 aliphatic carbocycles. The molecule has 0 saturated heterocycles. The predicted octanol–water partition coefficient (Wildman–Crippen LogP) is 4.48. The molecule has 80 valence electrons. The fraction of sp³-hybridized carbons (Fsp3) is 0.455. The summed E-state index contributed by atoms with van der Waals surface area (Å²) in [6.07, 6.45) is 0. The van der Waals surface area contributed by atoms with Crippen molar-refractivity contribution in [3.8, 4) is 0 Å². The molecule has 0 fully saturated rings. The molecule has 0 bridgehead atoms. The molecule has 0 aromatic rings. The number of halogens is 1. The van der Waals surface area contributed by atoms with Crippen LogP contribution in [0, 0.1) is 5.41 Å². The monoisotopic (exact) mass is 232 g/mol. The first kappa shape index (κ1) is 13.7. The minimum absolute atomic E-state index is 0.0943. The summed E-state index contributed by atoms with van der Waals surface area (Å²) in [6.45, 7) is 15.3. The first-order valence-corrected chi connectivity index (χ1v) is 5.10. The van der Waals surface area contributed by atoms with Crippen molar-refractivity contribution in [3.63, 3.8) is 0 Å². The molecule has 0 aromatic carbocycles. The average molecular weight is 233 g/mol. The van der Waals surface area contributed by atoms with Gasteiger partial charge in [-0.05, 0) is 6.92 Å². The molecule has 0 aliphatic rings. The molecule has 0 N–H and O–H groups in total. The lowest BCUT2D eigenvalue weighted by molar-refractivity contribution is 0.220. The molecular weight excluding hydrogens is 216 g/mol. The Bertz CT molecular complexity index is 284. The SMILES string of the molecule is C=C(Cl)/C(S)=C(\C)OC(=C)C(C)(C)C. The maximum absolute atomic E-state index is 5.68. The van der Waals surface area contributed by atoms with Gasteiger partial charge in [0.2, 0.25) is 0 Å². The van der Waals surface area contributed by atoms with Crippen LogP contribution in [0.2, 0.25) is 0 Å². The van der Waals surface area contributed by atoms with Crippen molar-refractivity contribution in [1.29, 1.82) is 0 Å². The third-order valence-corrected chi connectivity index (χ3v) is 2.61. The fourth-order valence-corrected chi connectivity index (χ4v) is 0.756. The van der Waals surface area contributed by atoms with E-state index in [0.717, 1.165) is 0 Å². The second-order valence-corrected chi connectivity index (χ2v) is 4.99. The lowest BCUT2D eigenvalue weighted by Crippen LogP contribution is -2.10. The van der Waals surface area contributed by atoms with Crippen LogP contribution in [0.4, 0.5) is 0 Å². The molecule has 0 unspecified atom stereocenters. The number of ether oxygens (including phenoxy) is 1. The lowest BCUT2D eigenvalue weighted by atomic mass is 9.95. The van der Waals surface area contributed by atoms with E-state index < -0.39 is 0 Å². The Balaban J connectivity index is 4.64. The van der Waals surface area contributed by atoms with E-state index in [2.05, 4.69) is 25.8 Å². The zero-order valence-electron chi connectivity index (χ0n) is 9.15. The van der Waals surface area contributed by atoms with Crippen molar-refractivity contribution in [3.05, 3.63) is 34.6 Å². The van der Waals surface area contributed by atoms with E-state index in [1.54, 1.807) is 6.92 Å². The van der Waals surface area contributed by atoms with Crippen LogP contribution < -0.4 is 0 Å². The quantitative estimate of drug-likeness (QED) is 0.429. The van der Waals surface area contributed by atoms with Crippen LogP contribution in [0.5, 0.6) is 0 Å². The molecule has 3 heteroatoms. The summed E-state index contributed by atoms with van der Waals surface area (Å²) in [4.78, 5) is 0.553. The topological polar surface area (TPSA) is 9.23 Å². The second-order valence-electron chi connectivity index (χ2n) is 4.08. The van der Waals surface area contributed by atoms with Crippen molar-refractivity contribution >= 4 is 24.2 Å². The minimum Gasteiger partial charge on any atom is -0.465 e. The van der Waals surface area contributed by atoms with Crippen molar-refractivity contribution in [2.75, 3.05) is 0 Å². The van der Waals surface area contributed by atoms with Crippen LogP contribution in [0.25, 0.3) is 0 Å². The molecule has 0 rings (SSSR count). The minimum atomic E-state index is -0.0943. The van der Waals surface area contributed by atoms with Crippen LogP contribution in [-0.2, 0) is 4.74 Å². The predicted molar refractivity (Wildman–Crippen MR) is 66.4 cm³/mol. The molecule has 0 aliphatic heterocycles. The molecule has 1 nitrogen and oxygen atoms in total. The van der Waals surface area contributed by atoms with Crippen molar-refractivity contribution in [1.82, 2.24) is 0 Å². The summed E-state index contributed by atoms with van der Waals surface area (Å²) in [5.74, 6) is 1.30. The zero-order valence-corrected chi connectivity index (χ0v) is 10.8. The van der Waals surface area contributed by atoms with Gasteiger partial charge >= 0.3 is 0 Å². The number of allylic oxidation sites excluding steroid dienone is 3. The number of rotatable bonds is 3. The van der Waals surface area contributed by atoms with Gasteiger partial charge in [-0.25, -0.2) is 0 Å². The van der Waals surface area contributed by atoms with Gasteiger partial charge in [0, 0.05) is 5.41 Å². The Morgan fingerprint density at radius 3 is 2.00 bits per heavy atom. The van der Waals surface area contributed by atoms with Gasteiger partial charge in [-0.3, -0.25) is 0 Å². The second kappa shape index (κ2) is 4.94. The largest absolute Gasteiger partial charge is 0.465 e. The van der Waals surface area contributed by atoms with Crippen molar-refractivity contribution in [2.24, 2.45) is 5.41 Å². The summed E-state index contributed by atoms with van der Waals surface area (Å²) >= 11 is 9.85. The third kappa shape index (κ3) is 4.25. The van der Waals surface area contributed by atoms with Gasteiger partial charge in [-0.2, -0.15) is 0 Å². The highest BCUT2D eigenvalue weighted by atomic mass is 35.5. The molecule has 0 spiro atoms. The van der Waals surface area contributed by atoms with E-state index >= 15 is 0 Å². The van der Waals surface area contributed by atoms with Crippen LogP contribution in [0.1, 0.15) is 27.7 Å². The van der Waals surface area contributed by atoms with Crippen LogP contribution in [0.3, 0.4) is 0 Å².